The Morgan fingerprint density at radius 1 is 1.09 bits per heavy atom. The number of aromatic nitrogens is 3. The van der Waals surface area contributed by atoms with Crippen molar-refractivity contribution in [2.45, 2.75) is 18.6 Å². The molecule has 7 nitrogen and oxygen atoms in total. The molecule has 0 aliphatic carbocycles. The summed E-state index contributed by atoms with van der Waals surface area (Å²) in [6, 6.07) is 13.6. The Bertz CT molecular complexity index is 1070. The van der Waals surface area contributed by atoms with Crippen LogP contribution in [0.1, 0.15) is 17.3 Å². The number of thioether (sulfide) groups is 1. The summed E-state index contributed by atoms with van der Waals surface area (Å²) in [6.45, 7) is 6.82. The molecule has 3 aromatic rings. The second-order valence-corrected chi connectivity index (χ2v) is 8.73. The third-order valence-electron chi connectivity index (χ3n) is 5.40. The summed E-state index contributed by atoms with van der Waals surface area (Å²) in [5, 5.41) is 9.58. The normalized spacial score (nSPS) is 14.4. The molecular formula is C24H27FN4O3S. The van der Waals surface area contributed by atoms with Crippen LogP contribution < -0.4 is 4.74 Å². The Morgan fingerprint density at radius 2 is 1.85 bits per heavy atom. The van der Waals surface area contributed by atoms with Crippen molar-refractivity contribution in [2.75, 3.05) is 45.2 Å². The fourth-order valence-corrected chi connectivity index (χ4v) is 4.43. The first kappa shape index (κ1) is 23.4. The number of Topliss-reactive ketones (excluding diaryl/α,β-unsaturated/α-hetero) is 1. The van der Waals surface area contributed by atoms with Gasteiger partial charge in [-0.1, -0.05) is 23.9 Å². The first-order chi connectivity index (χ1) is 16.1. The van der Waals surface area contributed by atoms with Crippen molar-refractivity contribution in [1.29, 1.82) is 0 Å². The van der Waals surface area contributed by atoms with E-state index in [1.165, 1.54) is 19.1 Å². The van der Waals surface area contributed by atoms with Gasteiger partial charge in [-0.05, 0) is 43.3 Å². The molecule has 0 atom stereocenters. The third-order valence-corrected chi connectivity index (χ3v) is 6.33. The van der Waals surface area contributed by atoms with Crippen molar-refractivity contribution < 1.29 is 18.7 Å². The molecule has 4 rings (SSSR count). The Hall–Kier alpha value is -2.75. The first-order valence-corrected chi connectivity index (χ1v) is 11.9. The number of carbonyl (C=O) groups is 1. The minimum atomic E-state index is -0.282. The first-order valence-electron chi connectivity index (χ1n) is 11.0. The summed E-state index contributed by atoms with van der Waals surface area (Å²) >= 11 is 1.55. The minimum Gasteiger partial charge on any atom is -0.492 e. The Balaban J connectivity index is 1.44. The van der Waals surface area contributed by atoms with E-state index in [-0.39, 0.29) is 11.6 Å². The summed E-state index contributed by atoms with van der Waals surface area (Å²) in [7, 11) is 0. The molecule has 1 aliphatic rings. The lowest BCUT2D eigenvalue weighted by Crippen LogP contribution is -2.38. The zero-order valence-corrected chi connectivity index (χ0v) is 19.4. The van der Waals surface area contributed by atoms with E-state index in [9.17, 15) is 9.18 Å². The molecule has 33 heavy (non-hydrogen) atoms. The monoisotopic (exact) mass is 470 g/mol. The SMILES string of the molecule is CC(=O)c1ccccc1OCCSc1nnc(-c2ccc(F)cc2)n1CCN1CCOCC1. The highest BCUT2D eigenvalue weighted by Crippen LogP contribution is 2.25. The zero-order valence-electron chi connectivity index (χ0n) is 18.6. The number of hydrogen-bond acceptors (Lipinski definition) is 7. The zero-order chi connectivity index (χ0) is 23.0. The molecule has 0 N–H and O–H groups in total. The van der Waals surface area contributed by atoms with Gasteiger partial charge in [0.1, 0.15) is 11.6 Å². The van der Waals surface area contributed by atoms with Gasteiger partial charge in [0.15, 0.2) is 16.8 Å². The van der Waals surface area contributed by atoms with Crippen molar-refractivity contribution in [3.63, 3.8) is 0 Å². The van der Waals surface area contributed by atoms with Gasteiger partial charge in [-0.25, -0.2) is 4.39 Å². The van der Waals surface area contributed by atoms with Gasteiger partial charge in [-0.2, -0.15) is 0 Å². The summed E-state index contributed by atoms with van der Waals surface area (Å²) in [6.07, 6.45) is 0. The maximum atomic E-state index is 13.4. The maximum Gasteiger partial charge on any atom is 0.191 e. The van der Waals surface area contributed by atoms with Crippen LogP contribution in [0, 0.1) is 5.82 Å². The number of benzene rings is 2. The van der Waals surface area contributed by atoms with Crippen LogP contribution in [0.15, 0.2) is 53.7 Å². The molecule has 0 saturated carbocycles. The molecule has 1 aromatic heterocycles. The van der Waals surface area contributed by atoms with Gasteiger partial charge in [0.25, 0.3) is 0 Å². The highest BCUT2D eigenvalue weighted by molar-refractivity contribution is 7.99. The molecule has 2 aromatic carbocycles. The average Bonchev–Trinajstić information content (AvgIpc) is 3.24. The van der Waals surface area contributed by atoms with Gasteiger partial charge < -0.3 is 14.0 Å². The summed E-state index contributed by atoms with van der Waals surface area (Å²) in [4.78, 5) is 14.1. The number of halogens is 1. The number of morpholine rings is 1. The summed E-state index contributed by atoms with van der Waals surface area (Å²) in [5.41, 5.74) is 1.40. The van der Waals surface area contributed by atoms with Gasteiger partial charge in [0, 0.05) is 37.5 Å². The minimum absolute atomic E-state index is 0.0231. The van der Waals surface area contributed by atoms with E-state index < -0.39 is 0 Å². The third kappa shape index (κ3) is 6.19. The fraction of sp³-hybridized carbons (Fsp3) is 0.375. The van der Waals surface area contributed by atoms with Crippen LogP contribution in [0.2, 0.25) is 0 Å². The number of para-hydroxylation sites is 1. The van der Waals surface area contributed by atoms with Crippen LogP contribution in [0.4, 0.5) is 4.39 Å². The Morgan fingerprint density at radius 3 is 2.61 bits per heavy atom. The predicted octanol–water partition coefficient (Wildman–Crippen LogP) is 3.79. The molecule has 0 bridgehead atoms. The van der Waals surface area contributed by atoms with Crippen molar-refractivity contribution in [1.82, 2.24) is 19.7 Å². The number of ketones is 1. The van der Waals surface area contributed by atoms with Crippen LogP contribution in [0.5, 0.6) is 5.75 Å². The predicted molar refractivity (Wildman–Crippen MR) is 125 cm³/mol. The number of ether oxygens (including phenoxy) is 2. The standard InChI is InChI=1S/C24H27FN4O3S/c1-18(30)21-4-2-3-5-22(21)32-16-17-33-24-27-26-23(19-6-8-20(25)9-7-19)29(24)11-10-28-12-14-31-15-13-28/h2-9H,10-17H2,1H3. The summed E-state index contributed by atoms with van der Waals surface area (Å²) in [5.74, 6) is 1.64. The van der Waals surface area contributed by atoms with Crippen LogP contribution in [0.3, 0.4) is 0 Å². The Labute approximate surface area is 196 Å². The van der Waals surface area contributed by atoms with E-state index in [1.807, 2.05) is 12.1 Å². The molecule has 1 aliphatic heterocycles. The fourth-order valence-electron chi connectivity index (χ4n) is 3.64. The smallest absolute Gasteiger partial charge is 0.191 e. The molecule has 0 radical (unpaired) electrons. The second-order valence-electron chi connectivity index (χ2n) is 7.67. The Kier molecular flexibility index (Phi) is 8.09. The van der Waals surface area contributed by atoms with Crippen molar-refractivity contribution in [2.24, 2.45) is 0 Å². The van der Waals surface area contributed by atoms with E-state index in [0.29, 0.717) is 29.5 Å². The van der Waals surface area contributed by atoms with Gasteiger partial charge >= 0.3 is 0 Å². The molecule has 0 amide bonds. The lowest BCUT2D eigenvalue weighted by atomic mass is 10.1. The van der Waals surface area contributed by atoms with Crippen LogP contribution in [-0.4, -0.2) is 70.7 Å². The molecule has 0 spiro atoms. The average molecular weight is 471 g/mol. The highest BCUT2D eigenvalue weighted by atomic mass is 32.2. The van der Waals surface area contributed by atoms with E-state index >= 15 is 0 Å². The van der Waals surface area contributed by atoms with E-state index in [4.69, 9.17) is 9.47 Å². The molecular weight excluding hydrogens is 443 g/mol. The summed E-state index contributed by atoms with van der Waals surface area (Å²) < 4.78 is 26.8. The number of carbonyl (C=O) groups excluding carboxylic acids is 1. The van der Waals surface area contributed by atoms with E-state index in [0.717, 1.165) is 50.1 Å². The quantitative estimate of drug-likeness (QED) is 0.254. The molecule has 2 heterocycles. The number of hydrogen-bond donors (Lipinski definition) is 0. The van der Waals surface area contributed by atoms with Gasteiger partial charge in [-0.3, -0.25) is 9.69 Å². The van der Waals surface area contributed by atoms with E-state index in [1.54, 1.807) is 36.0 Å². The molecule has 0 unspecified atom stereocenters. The molecule has 174 valence electrons. The van der Waals surface area contributed by atoms with Crippen molar-refractivity contribution >= 4 is 17.5 Å². The maximum absolute atomic E-state index is 13.4. The van der Waals surface area contributed by atoms with Crippen molar-refractivity contribution in [3.8, 4) is 17.1 Å². The number of nitrogens with zero attached hydrogens (tertiary/aromatic N) is 4. The number of rotatable bonds is 10. The second kappa shape index (κ2) is 11.4. The van der Waals surface area contributed by atoms with Gasteiger partial charge in [0.05, 0.1) is 25.4 Å². The highest BCUT2D eigenvalue weighted by Gasteiger charge is 2.17. The van der Waals surface area contributed by atoms with Crippen LogP contribution in [-0.2, 0) is 11.3 Å². The molecule has 9 heteroatoms. The van der Waals surface area contributed by atoms with Gasteiger partial charge in [0.2, 0.25) is 0 Å². The van der Waals surface area contributed by atoms with Gasteiger partial charge in [-0.15, -0.1) is 10.2 Å². The topological polar surface area (TPSA) is 69.5 Å². The van der Waals surface area contributed by atoms with Crippen LogP contribution in [0.25, 0.3) is 11.4 Å². The van der Waals surface area contributed by atoms with Crippen LogP contribution >= 0.6 is 11.8 Å². The molecule has 1 fully saturated rings. The molecule has 1 saturated heterocycles. The van der Waals surface area contributed by atoms with E-state index in [2.05, 4.69) is 19.7 Å². The lowest BCUT2D eigenvalue weighted by molar-refractivity contribution is 0.0361. The van der Waals surface area contributed by atoms with Crippen molar-refractivity contribution in [3.05, 3.63) is 59.9 Å². The lowest BCUT2D eigenvalue weighted by Gasteiger charge is -2.27. The largest absolute Gasteiger partial charge is 0.492 e.